The van der Waals surface area contributed by atoms with Gasteiger partial charge in [-0.1, -0.05) is 17.7 Å². The Kier molecular flexibility index (Phi) is 2.76. The van der Waals surface area contributed by atoms with E-state index in [1.54, 1.807) is 6.07 Å². The molecule has 0 aliphatic carbocycles. The summed E-state index contributed by atoms with van der Waals surface area (Å²) >= 11 is 9.38. The lowest BCUT2D eigenvalue weighted by Crippen LogP contribution is -1.98. The molecule has 0 aliphatic rings. The number of aromatic nitrogens is 2. The van der Waals surface area contributed by atoms with Crippen LogP contribution in [0.4, 0.5) is 0 Å². The Morgan fingerprint density at radius 3 is 3.00 bits per heavy atom. The molecule has 0 saturated heterocycles. The minimum absolute atomic E-state index is 0.0662. The molecule has 0 saturated carbocycles. The van der Waals surface area contributed by atoms with E-state index in [0.717, 1.165) is 15.9 Å². The van der Waals surface area contributed by atoms with E-state index in [1.807, 2.05) is 16.5 Å². The first-order valence-corrected chi connectivity index (χ1v) is 5.33. The van der Waals surface area contributed by atoms with Crippen LogP contribution in [-0.4, -0.2) is 21.1 Å². The normalized spacial score (nSPS) is 11.1. The first-order chi connectivity index (χ1) is 6.74. The summed E-state index contributed by atoms with van der Waals surface area (Å²) in [5, 5.41) is 9.47. The maximum Gasteiger partial charge on any atom is 0.132 e. The van der Waals surface area contributed by atoms with Gasteiger partial charge in [0.05, 0.1) is 12.1 Å². The Labute approximate surface area is 94.5 Å². The molecule has 3 nitrogen and oxygen atoms in total. The molecule has 0 aromatic carbocycles. The zero-order chi connectivity index (χ0) is 10.1. The minimum atomic E-state index is 0.0662. The molecule has 0 atom stereocenters. The third-order valence-corrected chi connectivity index (χ3v) is 2.85. The molecule has 2 aromatic rings. The third kappa shape index (κ3) is 1.54. The van der Waals surface area contributed by atoms with Crippen molar-refractivity contribution in [3.8, 4) is 0 Å². The zero-order valence-electron chi connectivity index (χ0n) is 7.24. The summed E-state index contributed by atoms with van der Waals surface area (Å²) in [7, 11) is 0. The molecule has 1 N–H and O–H groups in total. The molecule has 0 unspecified atom stereocenters. The molecule has 0 bridgehead atoms. The molecule has 14 heavy (non-hydrogen) atoms. The highest BCUT2D eigenvalue weighted by Gasteiger charge is 2.10. The van der Waals surface area contributed by atoms with Crippen LogP contribution >= 0.6 is 27.5 Å². The standard InChI is InChI=1S/C9H8BrClN2O/c10-9-6-2-1-3-7(11)13(6)8(12-9)4-5-14/h1-3,14H,4-5H2. The van der Waals surface area contributed by atoms with E-state index >= 15 is 0 Å². The largest absolute Gasteiger partial charge is 0.396 e. The number of hydrogen-bond acceptors (Lipinski definition) is 2. The Morgan fingerprint density at radius 2 is 2.29 bits per heavy atom. The molecule has 2 aromatic heterocycles. The zero-order valence-corrected chi connectivity index (χ0v) is 9.59. The van der Waals surface area contributed by atoms with Crippen LogP contribution in [0.3, 0.4) is 0 Å². The Hall–Kier alpha value is -0.580. The Bertz CT molecular complexity index is 469. The number of pyridine rings is 1. The van der Waals surface area contributed by atoms with Crippen LogP contribution in [-0.2, 0) is 6.42 Å². The van der Waals surface area contributed by atoms with E-state index in [1.165, 1.54) is 0 Å². The van der Waals surface area contributed by atoms with Gasteiger partial charge in [0.15, 0.2) is 0 Å². The van der Waals surface area contributed by atoms with Crippen LogP contribution < -0.4 is 0 Å². The molecule has 74 valence electrons. The number of imidazole rings is 1. The predicted octanol–water partition coefficient (Wildman–Crippen LogP) is 2.29. The lowest BCUT2D eigenvalue weighted by molar-refractivity contribution is 0.296. The van der Waals surface area contributed by atoms with E-state index in [9.17, 15) is 0 Å². The number of aliphatic hydroxyl groups is 1. The van der Waals surface area contributed by atoms with Crippen LogP contribution in [0.2, 0.25) is 5.15 Å². The van der Waals surface area contributed by atoms with Crippen molar-refractivity contribution in [1.82, 2.24) is 9.38 Å². The van der Waals surface area contributed by atoms with Crippen molar-refractivity contribution in [3.63, 3.8) is 0 Å². The van der Waals surface area contributed by atoms with Gasteiger partial charge in [-0.3, -0.25) is 4.40 Å². The van der Waals surface area contributed by atoms with E-state index in [-0.39, 0.29) is 6.61 Å². The number of fused-ring (bicyclic) bond motifs is 1. The van der Waals surface area contributed by atoms with Gasteiger partial charge in [0.1, 0.15) is 15.6 Å². The van der Waals surface area contributed by atoms with Crippen LogP contribution in [0.1, 0.15) is 5.82 Å². The van der Waals surface area contributed by atoms with Crippen molar-refractivity contribution in [3.05, 3.63) is 33.8 Å². The van der Waals surface area contributed by atoms with Crippen molar-refractivity contribution in [1.29, 1.82) is 0 Å². The van der Waals surface area contributed by atoms with Gasteiger partial charge < -0.3 is 5.11 Å². The fourth-order valence-corrected chi connectivity index (χ4v) is 2.17. The molecular formula is C9H8BrClN2O. The minimum Gasteiger partial charge on any atom is -0.396 e. The second-order valence-corrected chi connectivity index (χ2v) is 4.00. The second kappa shape index (κ2) is 3.88. The van der Waals surface area contributed by atoms with Gasteiger partial charge in [0, 0.05) is 6.42 Å². The second-order valence-electron chi connectivity index (χ2n) is 2.86. The maximum atomic E-state index is 8.87. The summed E-state index contributed by atoms with van der Waals surface area (Å²) < 4.78 is 2.57. The summed E-state index contributed by atoms with van der Waals surface area (Å²) in [5.74, 6) is 0.764. The van der Waals surface area contributed by atoms with Gasteiger partial charge in [-0.25, -0.2) is 4.98 Å². The Morgan fingerprint density at radius 1 is 1.50 bits per heavy atom. The maximum absolute atomic E-state index is 8.87. The van der Waals surface area contributed by atoms with Crippen molar-refractivity contribution in [2.45, 2.75) is 6.42 Å². The van der Waals surface area contributed by atoms with E-state index in [2.05, 4.69) is 20.9 Å². The lowest BCUT2D eigenvalue weighted by Gasteiger charge is -2.00. The predicted molar refractivity (Wildman–Crippen MR) is 58.7 cm³/mol. The molecule has 0 fully saturated rings. The lowest BCUT2D eigenvalue weighted by atomic mass is 10.4. The van der Waals surface area contributed by atoms with E-state index in [4.69, 9.17) is 16.7 Å². The number of aliphatic hydroxyl groups excluding tert-OH is 1. The third-order valence-electron chi connectivity index (χ3n) is 1.97. The van der Waals surface area contributed by atoms with E-state index in [0.29, 0.717) is 11.6 Å². The SMILES string of the molecule is OCCc1nc(Br)c2cccc(Cl)n12. The van der Waals surface area contributed by atoms with Gasteiger partial charge in [-0.05, 0) is 28.1 Å². The number of rotatable bonds is 2. The topological polar surface area (TPSA) is 37.5 Å². The average molecular weight is 276 g/mol. The monoisotopic (exact) mass is 274 g/mol. The van der Waals surface area contributed by atoms with E-state index < -0.39 is 0 Å². The van der Waals surface area contributed by atoms with Crippen LogP contribution in [0.25, 0.3) is 5.52 Å². The first kappa shape index (κ1) is 9.96. The Balaban J connectivity index is 2.72. The summed E-state index contributed by atoms with van der Waals surface area (Å²) in [5.41, 5.74) is 0.918. The fraction of sp³-hybridized carbons (Fsp3) is 0.222. The van der Waals surface area contributed by atoms with Gasteiger partial charge >= 0.3 is 0 Å². The van der Waals surface area contributed by atoms with Crippen molar-refractivity contribution in [2.75, 3.05) is 6.61 Å². The molecule has 2 heterocycles. The fourth-order valence-electron chi connectivity index (χ4n) is 1.39. The van der Waals surface area contributed by atoms with Gasteiger partial charge in [-0.15, -0.1) is 0 Å². The van der Waals surface area contributed by atoms with Crippen LogP contribution in [0.5, 0.6) is 0 Å². The van der Waals surface area contributed by atoms with Crippen LogP contribution in [0.15, 0.2) is 22.8 Å². The van der Waals surface area contributed by atoms with Crippen molar-refractivity contribution < 1.29 is 5.11 Å². The first-order valence-electron chi connectivity index (χ1n) is 4.16. The average Bonchev–Trinajstić information content (AvgIpc) is 2.46. The van der Waals surface area contributed by atoms with Crippen molar-refractivity contribution in [2.24, 2.45) is 0 Å². The number of nitrogens with zero attached hydrogens (tertiary/aromatic N) is 2. The summed E-state index contributed by atoms with van der Waals surface area (Å²) in [6, 6.07) is 5.58. The van der Waals surface area contributed by atoms with Crippen LogP contribution in [0, 0.1) is 0 Å². The number of hydrogen-bond donors (Lipinski definition) is 1. The quantitative estimate of drug-likeness (QED) is 0.854. The summed E-state index contributed by atoms with van der Waals surface area (Å²) in [6.45, 7) is 0.0662. The van der Waals surface area contributed by atoms with Gasteiger partial charge in [0.25, 0.3) is 0 Å². The molecule has 2 rings (SSSR count). The molecular weight excluding hydrogens is 267 g/mol. The summed E-state index contributed by atoms with van der Waals surface area (Å²) in [6.07, 6.45) is 0.497. The highest BCUT2D eigenvalue weighted by Crippen LogP contribution is 2.23. The van der Waals surface area contributed by atoms with Gasteiger partial charge in [0.2, 0.25) is 0 Å². The molecule has 5 heteroatoms. The summed E-state index contributed by atoms with van der Waals surface area (Å²) in [4.78, 5) is 4.28. The molecule has 0 radical (unpaired) electrons. The number of halogens is 2. The molecule has 0 spiro atoms. The molecule has 0 aliphatic heterocycles. The highest BCUT2D eigenvalue weighted by molar-refractivity contribution is 9.10. The smallest absolute Gasteiger partial charge is 0.132 e. The van der Waals surface area contributed by atoms with Crippen molar-refractivity contribution >= 4 is 33.0 Å². The van der Waals surface area contributed by atoms with Gasteiger partial charge in [-0.2, -0.15) is 0 Å². The highest BCUT2D eigenvalue weighted by atomic mass is 79.9. The molecule has 0 amide bonds.